The first-order valence-corrected chi connectivity index (χ1v) is 3.21. The number of benzene rings is 1. The van der Waals surface area contributed by atoms with Crippen molar-refractivity contribution >= 4 is 6.08 Å². The van der Waals surface area contributed by atoms with Gasteiger partial charge >= 0.3 is 29.6 Å². The Hall–Kier alpha value is -0.0400. The minimum Gasteiger partial charge on any atom is -1.00 e. The van der Waals surface area contributed by atoms with Crippen molar-refractivity contribution < 1.29 is 31.0 Å². The molecule has 0 heterocycles. The Bertz CT molecular complexity index is 255. The molecule has 0 aromatic heterocycles. The van der Waals surface area contributed by atoms with Gasteiger partial charge in [0.1, 0.15) is 0 Å². The third kappa shape index (κ3) is 1.34. The summed E-state index contributed by atoms with van der Waals surface area (Å²) in [5, 5.41) is 0. The normalized spacial score (nSPS) is 12.4. The largest absolute Gasteiger partial charge is 1.00 e. The summed E-state index contributed by atoms with van der Waals surface area (Å²) in [6, 6.07) is 8.49. The first-order chi connectivity index (χ1) is 4.47. The molecule has 1 aliphatic carbocycles. The summed E-state index contributed by atoms with van der Waals surface area (Å²) < 4.78 is 0. The van der Waals surface area contributed by atoms with Gasteiger partial charge < -0.3 is 1.43 Å². The van der Waals surface area contributed by atoms with Crippen molar-refractivity contribution in [3.8, 4) is 0 Å². The number of hydrogen-bond donors (Lipinski definition) is 0. The second-order valence-corrected chi connectivity index (χ2v) is 2.31. The second-order valence-electron chi connectivity index (χ2n) is 2.31. The van der Waals surface area contributed by atoms with E-state index < -0.39 is 0 Å². The fraction of sp³-hybridized carbons (Fsp3) is 0.111. The van der Waals surface area contributed by atoms with Crippen LogP contribution in [0.4, 0.5) is 0 Å². The van der Waals surface area contributed by atoms with Crippen LogP contribution in [0.3, 0.4) is 0 Å². The van der Waals surface area contributed by atoms with Gasteiger partial charge in [0, 0.05) is 0 Å². The molecule has 0 bridgehead atoms. The maximum absolute atomic E-state index is 2.20. The number of allylic oxidation sites excluding steroid dienone is 1. The fourth-order valence-corrected chi connectivity index (χ4v) is 1.20. The number of rotatable bonds is 0. The van der Waals surface area contributed by atoms with Gasteiger partial charge in [-0.1, -0.05) is 36.4 Å². The van der Waals surface area contributed by atoms with Gasteiger partial charge in [0.05, 0.1) is 0 Å². The zero-order valence-corrected chi connectivity index (χ0v) is 8.17. The predicted molar refractivity (Wildman–Crippen MR) is 40.3 cm³/mol. The van der Waals surface area contributed by atoms with Crippen LogP contribution in [0.25, 0.3) is 6.08 Å². The van der Waals surface area contributed by atoms with Gasteiger partial charge in [-0.3, -0.25) is 0 Å². The van der Waals surface area contributed by atoms with Gasteiger partial charge in [-0.2, -0.15) is 0 Å². The number of hydrogen-bond acceptors (Lipinski definition) is 0. The van der Waals surface area contributed by atoms with E-state index >= 15 is 0 Å². The van der Waals surface area contributed by atoms with Crippen LogP contribution in [-0.4, -0.2) is 0 Å². The molecule has 0 atom stereocenters. The van der Waals surface area contributed by atoms with Crippen LogP contribution in [0.5, 0.6) is 0 Å². The third-order valence-electron chi connectivity index (χ3n) is 1.69. The topological polar surface area (TPSA) is 0 Å². The van der Waals surface area contributed by atoms with Crippen molar-refractivity contribution in [2.24, 2.45) is 0 Å². The zero-order chi connectivity index (χ0) is 6.10. The van der Waals surface area contributed by atoms with E-state index in [9.17, 15) is 0 Å². The van der Waals surface area contributed by atoms with Gasteiger partial charge in [0.25, 0.3) is 0 Å². The summed E-state index contributed by atoms with van der Waals surface area (Å²) in [5.41, 5.74) is 2.84. The van der Waals surface area contributed by atoms with E-state index in [1.54, 1.807) is 0 Å². The van der Waals surface area contributed by atoms with Gasteiger partial charge in [-0.25, -0.2) is 0 Å². The van der Waals surface area contributed by atoms with E-state index in [0.29, 0.717) is 0 Å². The standard InChI is InChI=1S/C9H8.Na.H/c1-2-5-9-7-3-6-8(9)4-1;;/h1-6H,7H2;;/q;+1;-1. The zero-order valence-electron chi connectivity index (χ0n) is 7.17. The Kier molecular flexibility index (Phi) is 2.72. The van der Waals surface area contributed by atoms with Gasteiger partial charge in [-0.05, 0) is 17.5 Å². The summed E-state index contributed by atoms with van der Waals surface area (Å²) in [6.45, 7) is 0. The minimum absolute atomic E-state index is 0. The Labute approximate surface area is 84.7 Å². The van der Waals surface area contributed by atoms with Crippen LogP contribution in [0, 0.1) is 0 Å². The van der Waals surface area contributed by atoms with E-state index in [1.807, 2.05) is 0 Å². The maximum Gasteiger partial charge on any atom is 1.00 e. The molecule has 1 heteroatoms. The van der Waals surface area contributed by atoms with Crippen molar-refractivity contribution in [2.45, 2.75) is 6.42 Å². The molecule has 0 saturated carbocycles. The molecule has 10 heavy (non-hydrogen) atoms. The summed E-state index contributed by atoms with van der Waals surface area (Å²) in [7, 11) is 0. The molecule has 0 aliphatic heterocycles. The van der Waals surface area contributed by atoms with E-state index in [2.05, 4.69) is 36.4 Å². The molecule has 2 rings (SSSR count). The summed E-state index contributed by atoms with van der Waals surface area (Å²) in [6.07, 6.45) is 5.50. The van der Waals surface area contributed by atoms with Crippen molar-refractivity contribution in [1.29, 1.82) is 0 Å². The van der Waals surface area contributed by atoms with Crippen molar-refractivity contribution in [1.82, 2.24) is 0 Å². The number of fused-ring (bicyclic) bond motifs is 1. The average Bonchev–Trinajstić information content (AvgIpc) is 2.33. The van der Waals surface area contributed by atoms with E-state index in [0.717, 1.165) is 6.42 Å². The molecule has 0 N–H and O–H groups in total. The molecule has 0 radical (unpaired) electrons. The van der Waals surface area contributed by atoms with Crippen molar-refractivity contribution in [3.63, 3.8) is 0 Å². The Morgan fingerprint density at radius 2 is 2.00 bits per heavy atom. The quantitative estimate of drug-likeness (QED) is 0.421. The van der Waals surface area contributed by atoms with Crippen molar-refractivity contribution in [3.05, 3.63) is 41.5 Å². The van der Waals surface area contributed by atoms with Crippen LogP contribution in [0.1, 0.15) is 12.6 Å². The van der Waals surface area contributed by atoms with Gasteiger partial charge in [0.2, 0.25) is 0 Å². The molecule has 0 amide bonds. The molecule has 1 aromatic carbocycles. The van der Waals surface area contributed by atoms with Crippen molar-refractivity contribution in [2.75, 3.05) is 0 Å². The SMILES string of the molecule is C1=Cc2ccccc2C1.[H-].[Na+]. The first kappa shape index (κ1) is 8.06. The summed E-state index contributed by atoms with van der Waals surface area (Å²) in [5.74, 6) is 0. The molecule has 0 saturated heterocycles. The molecule has 1 aliphatic rings. The van der Waals surface area contributed by atoms with Crippen LogP contribution < -0.4 is 29.6 Å². The summed E-state index contributed by atoms with van der Waals surface area (Å²) in [4.78, 5) is 0. The molecule has 0 spiro atoms. The molecular weight excluding hydrogens is 131 g/mol. The third-order valence-corrected chi connectivity index (χ3v) is 1.69. The smallest absolute Gasteiger partial charge is 1.00 e. The van der Waals surface area contributed by atoms with Crippen LogP contribution >= 0.6 is 0 Å². The molecule has 0 nitrogen and oxygen atoms in total. The molecule has 46 valence electrons. The molecular formula is C9H9Na. The second kappa shape index (κ2) is 3.38. The Morgan fingerprint density at radius 3 is 2.80 bits per heavy atom. The first-order valence-electron chi connectivity index (χ1n) is 3.21. The summed E-state index contributed by atoms with van der Waals surface area (Å²) >= 11 is 0. The van der Waals surface area contributed by atoms with Crippen LogP contribution in [-0.2, 0) is 6.42 Å². The van der Waals surface area contributed by atoms with Crippen LogP contribution in [0.15, 0.2) is 30.3 Å². The van der Waals surface area contributed by atoms with Gasteiger partial charge in [0.15, 0.2) is 0 Å². The van der Waals surface area contributed by atoms with Crippen LogP contribution in [0.2, 0.25) is 0 Å². The van der Waals surface area contributed by atoms with Gasteiger partial charge in [-0.15, -0.1) is 0 Å². The van der Waals surface area contributed by atoms with E-state index in [-0.39, 0.29) is 31.0 Å². The molecule has 1 aromatic rings. The predicted octanol–water partition coefficient (Wildman–Crippen LogP) is -0.628. The average molecular weight is 140 g/mol. The fourth-order valence-electron chi connectivity index (χ4n) is 1.20. The molecule has 0 unspecified atom stereocenters. The Morgan fingerprint density at radius 1 is 1.20 bits per heavy atom. The van der Waals surface area contributed by atoms with E-state index in [1.165, 1.54) is 11.1 Å². The molecule has 0 fully saturated rings. The minimum atomic E-state index is 0. The van der Waals surface area contributed by atoms with E-state index in [4.69, 9.17) is 0 Å². The monoisotopic (exact) mass is 140 g/mol. The maximum atomic E-state index is 2.20. The Balaban J connectivity index is 0.000000500.